The van der Waals surface area contributed by atoms with E-state index in [1.165, 1.54) is 26.4 Å². The van der Waals surface area contributed by atoms with Crippen LogP contribution in [0.15, 0.2) is 24.0 Å². The molecule has 122 valence electrons. The molecular formula is C15H15NO7. The summed E-state index contributed by atoms with van der Waals surface area (Å²) in [5, 5.41) is 11.3. The maximum atomic E-state index is 11.8. The quantitative estimate of drug-likeness (QED) is 0.475. The van der Waals surface area contributed by atoms with E-state index in [0.29, 0.717) is 25.0 Å². The van der Waals surface area contributed by atoms with Gasteiger partial charge in [-0.15, -0.1) is 0 Å². The number of rotatable bonds is 4. The molecule has 0 aliphatic carbocycles. The van der Waals surface area contributed by atoms with E-state index < -0.39 is 16.9 Å². The minimum absolute atomic E-state index is 0.0346. The summed E-state index contributed by atoms with van der Waals surface area (Å²) >= 11 is 0. The lowest BCUT2D eigenvalue weighted by Gasteiger charge is -2.20. The van der Waals surface area contributed by atoms with Crippen molar-refractivity contribution in [1.29, 1.82) is 0 Å². The fourth-order valence-electron chi connectivity index (χ4n) is 2.34. The molecule has 1 aromatic rings. The van der Waals surface area contributed by atoms with Gasteiger partial charge in [0.2, 0.25) is 5.76 Å². The van der Waals surface area contributed by atoms with Crippen LogP contribution in [-0.4, -0.2) is 37.7 Å². The number of benzene rings is 1. The summed E-state index contributed by atoms with van der Waals surface area (Å²) in [5.74, 6) is -1.40. The SMILES string of the molecule is COC(=O)C1=C(c2ccc(C(=O)OC)cc2[N+](=O)[O-])CCCO1. The predicted octanol–water partition coefficient (Wildman–Crippen LogP) is 2.08. The first-order valence-corrected chi connectivity index (χ1v) is 6.81. The molecule has 1 heterocycles. The third-order valence-corrected chi connectivity index (χ3v) is 3.40. The van der Waals surface area contributed by atoms with Crippen LogP contribution in [0.3, 0.4) is 0 Å². The van der Waals surface area contributed by atoms with Crippen molar-refractivity contribution in [3.8, 4) is 0 Å². The van der Waals surface area contributed by atoms with Gasteiger partial charge in [0.25, 0.3) is 5.69 Å². The van der Waals surface area contributed by atoms with E-state index in [2.05, 4.69) is 9.47 Å². The average Bonchev–Trinajstić information content (AvgIpc) is 2.59. The molecule has 2 rings (SSSR count). The van der Waals surface area contributed by atoms with Gasteiger partial charge in [-0.25, -0.2) is 9.59 Å². The lowest BCUT2D eigenvalue weighted by molar-refractivity contribution is -0.385. The molecule has 0 amide bonds. The summed E-state index contributed by atoms with van der Waals surface area (Å²) in [4.78, 5) is 34.1. The van der Waals surface area contributed by atoms with Crippen LogP contribution in [0.5, 0.6) is 0 Å². The fraction of sp³-hybridized carbons (Fsp3) is 0.333. The molecule has 0 saturated carbocycles. The molecule has 0 radical (unpaired) electrons. The Morgan fingerprint density at radius 3 is 2.52 bits per heavy atom. The summed E-state index contributed by atoms with van der Waals surface area (Å²) < 4.78 is 14.5. The van der Waals surface area contributed by atoms with Crippen molar-refractivity contribution < 1.29 is 28.7 Å². The van der Waals surface area contributed by atoms with Crippen molar-refractivity contribution in [2.75, 3.05) is 20.8 Å². The van der Waals surface area contributed by atoms with Gasteiger partial charge in [-0.1, -0.05) is 0 Å². The number of nitro groups is 1. The van der Waals surface area contributed by atoms with Crippen molar-refractivity contribution in [1.82, 2.24) is 0 Å². The molecule has 1 aromatic carbocycles. The summed E-state index contributed by atoms with van der Waals surface area (Å²) in [6.45, 7) is 0.335. The largest absolute Gasteiger partial charge is 0.486 e. The standard InChI is InChI=1S/C15H15NO7/c1-21-14(17)9-5-6-10(12(8-9)16(19)20)11-4-3-7-23-13(11)15(18)22-2/h5-6,8H,3-4,7H2,1-2H3. The highest BCUT2D eigenvalue weighted by Gasteiger charge is 2.28. The van der Waals surface area contributed by atoms with Crippen molar-refractivity contribution in [2.45, 2.75) is 12.8 Å². The Kier molecular flexibility index (Phi) is 4.95. The number of nitrogens with zero attached hydrogens (tertiary/aromatic N) is 1. The van der Waals surface area contributed by atoms with Gasteiger partial charge in [0.15, 0.2) is 0 Å². The lowest BCUT2D eigenvalue weighted by atomic mass is 9.95. The Bertz CT molecular complexity index is 693. The highest BCUT2D eigenvalue weighted by Crippen LogP contribution is 2.35. The molecule has 0 saturated heterocycles. The lowest BCUT2D eigenvalue weighted by Crippen LogP contribution is -2.16. The second-order valence-corrected chi connectivity index (χ2v) is 4.73. The Morgan fingerprint density at radius 2 is 1.91 bits per heavy atom. The minimum Gasteiger partial charge on any atom is -0.486 e. The second kappa shape index (κ2) is 6.91. The number of carbonyl (C=O) groups is 2. The molecule has 0 unspecified atom stereocenters. The van der Waals surface area contributed by atoms with Crippen LogP contribution < -0.4 is 0 Å². The molecule has 0 N–H and O–H groups in total. The summed E-state index contributed by atoms with van der Waals surface area (Å²) in [7, 11) is 2.40. The molecule has 0 atom stereocenters. The summed E-state index contributed by atoms with van der Waals surface area (Å²) in [6.07, 6.45) is 1.05. The van der Waals surface area contributed by atoms with Gasteiger partial charge in [-0.05, 0) is 25.0 Å². The highest BCUT2D eigenvalue weighted by molar-refractivity contribution is 5.98. The first-order valence-electron chi connectivity index (χ1n) is 6.81. The smallest absolute Gasteiger partial charge is 0.373 e. The second-order valence-electron chi connectivity index (χ2n) is 4.73. The molecule has 0 aromatic heterocycles. The molecule has 8 heteroatoms. The minimum atomic E-state index is -0.689. The van der Waals surface area contributed by atoms with E-state index in [9.17, 15) is 19.7 Å². The van der Waals surface area contributed by atoms with Crippen LogP contribution in [0, 0.1) is 10.1 Å². The maximum absolute atomic E-state index is 11.8. The molecule has 0 fully saturated rings. The normalized spacial score (nSPS) is 14.0. The zero-order chi connectivity index (χ0) is 17.0. The van der Waals surface area contributed by atoms with Gasteiger partial charge in [0.05, 0.1) is 36.9 Å². The molecule has 8 nitrogen and oxygen atoms in total. The van der Waals surface area contributed by atoms with E-state index in [4.69, 9.17) is 4.74 Å². The third kappa shape index (κ3) is 3.31. The Labute approximate surface area is 131 Å². The summed E-state index contributed by atoms with van der Waals surface area (Å²) in [5.41, 5.74) is 0.378. The molecule has 0 bridgehead atoms. The predicted molar refractivity (Wildman–Crippen MR) is 78.6 cm³/mol. The van der Waals surface area contributed by atoms with Crippen LogP contribution in [0.1, 0.15) is 28.8 Å². The van der Waals surface area contributed by atoms with Crippen molar-refractivity contribution in [3.05, 3.63) is 45.2 Å². The van der Waals surface area contributed by atoms with Crippen LogP contribution >= 0.6 is 0 Å². The van der Waals surface area contributed by atoms with Crippen molar-refractivity contribution in [2.24, 2.45) is 0 Å². The molecular weight excluding hydrogens is 306 g/mol. The number of esters is 2. The topological polar surface area (TPSA) is 105 Å². The van der Waals surface area contributed by atoms with E-state index in [1.807, 2.05) is 0 Å². The number of methoxy groups -OCH3 is 2. The van der Waals surface area contributed by atoms with E-state index in [1.54, 1.807) is 0 Å². The third-order valence-electron chi connectivity index (χ3n) is 3.40. The molecule has 1 aliphatic heterocycles. The van der Waals surface area contributed by atoms with E-state index in [-0.39, 0.29) is 22.6 Å². The van der Waals surface area contributed by atoms with Gasteiger partial charge < -0.3 is 14.2 Å². The number of nitro benzene ring substituents is 1. The molecule has 0 spiro atoms. The van der Waals surface area contributed by atoms with Gasteiger partial charge in [-0.3, -0.25) is 10.1 Å². The first kappa shape index (κ1) is 16.5. The fourth-order valence-corrected chi connectivity index (χ4v) is 2.34. The van der Waals surface area contributed by atoms with Crippen molar-refractivity contribution >= 4 is 23.2 Å². The van der Waals surface area contributed by atoms with Gasteiger partial charge in [-0.2, -0.15) is 0 Å². The van der Waals surface area contributed by atoms with Crippen LogP contribution in [0.25, 0.3) is 5.57 Å². The average molecular weight is 321 g/mol. The number of ether oxygens (including phenoxy) is 3. The summed E-state index contributed by atoms with van der Waals surface area (Å²) in [6, 6.07) is 3.94. The number of carbonyl (C=O) groups excluding carboxylic acids is 2. The maximum Gasteiger partial charge on any atom is 0.373 e. The Hall–Kier alpha value is -2.90. The van der Waals surface area contributed by atoms with E-state index >= 15 is 0 Å². The van der Waals surface area contributed by atoms with Crippen LogP contribution in [0.2, 0.25) is 0 Å². The van der Waals surface area contributed by atoms with Crippen LogP contribution in [-0.2, 0) is 19.0 Å². The van der Waals surface area contributed by atoms with E-state index in [0.717, 1.165) is 6.07 Å². The van der Waals surface area contributed by atoms with Crippen LogP contribution in [0.4, 0.5) is 5.69 Å². The molecule has 1 aliphatic rings. The Balaban J connectivity index is 2.61. The highest BCUT2D eigenvalue weighted by atomic mass is 16.6. The Morgan fingerprint density at radius 1 is 1.22 bits per heavy atom. The zero-order valence-corrected chi connectivity index (χ0v) is 12.7. The van der Waals surface area contributed by atoms with Gasteiger partial charge in [0.1, 0.15) is 0 Å². The van der Waals surface area contributed by atoms with Crippen molar-refractivity contribution in [3.63, 3.8) is 0 Å². The number of hydrogen-bond acceptors (Lipinski definition) is 7. The van der Waals surface area contributed by atoms with Gasteiger partial charge in [0, 0.05) is 11.6 Å². The van der Waals surface area contributed by atoms with Gasteiger partial charge >= 0.3 is 11.9 Å². The number of allylic oxidation sites excluding steroid dienone is 1. The first-order chi connectivity index (χ1) is 11.0. The zero-order valence-electron chi connectivity index (χ0n) is 12.7. The number of hydrogen-bond donors (Lipinski definition) is 0. The monoisotopic (exact) mass is 321 g/mol. The molecule has 23 heavy (non-hydrogen) atoms.